The maximum absolute atomic E-state index is 12.7. The number of anilines is 2. The lowest BCUT2D eigenvalue weighted by atomic mass is 9.95. The van der Waals surface area contributed by atoms with Gasteiger partial charge in [-0.2, -0.15) is 0 Å². The molecule has 0 bridgehead atoms. The van der Waals surface area contributed by atoms with Gasteiger partial charge in [0.2, 0.25) is 0 Å². The molecule has 1 aliphatic rings. The summed E-state index contributed by atoms with van der Waals surface area (Å²) in [4.78, 5) is 19.6. The molecule has 1 aliphatic heterocycles. The average molecular weight is 427 g/mol. The summed E-state index contributed by atoms with van der Waals surface area (Å²) in [5.74, 6) is 0.691. The number of amides is 2. The maximum Gasteiger partial charge on any atom is 0.321 e. The van der Waals surface area contributed by atoms with Gasteiger partial charge >= 0.3 is 6.03 Å². The van der Waals surface area contributed by atoms with Crippen molar-refractivity contribution in [1.29, 1.82) is 0 Å². The van der Waals surface area contributed by atoms with Gasteiger partial charge in [-0.15, -0.1) is 0 Å². The van der Waals surface area contributed by atoms with Crippen LogP contribution in [0.4, 0.5) is 15.6 Å². The van der Waals surface area contributed by atoms with Gasteiger partial charge in [-0.3, -0.25) is 5.32 Å². The maximum atomic E-state index is 12.7. The smallest absolute Gasteiger partial charge is 0.321 e. The minimum absolute atomic E-state index is 0.296. The Balaban J connectivity index is 1.57. The van der Waals surface area contributed by atoms with E-state index in [0.717, 1.165) is 34.6 Å². The second kappa shape index (κ2) is 8.49. The molecule has 2 amide bonds. The number of benzene rings is 2. The van der Waals surface area contributed by atoms with Gasteiger partial charge in [0.15, 0.2) is 5.13 Å². The zero-order valence-corrected chi connectivity index (χ0v) is 18.2. The fraction of sp³-hybridized carbons (Fsp3) is 0.364. The van der Waals surface area contributed by atoms with Gasteiger partial charge in [-0.1, -0.05) is 41.7 Å². The summed E-state index contributed by atoms with van der Waals surface area (Å²) in [5, 5.41) is 6.46. The Morgan fingerprint density at radius 3 is 2.60 bits per heavy atom. The minimum atomic E-state index is -0.515. The average Bonchev–Trinajstić information content (AvgIpc) is 3.17. The molecule has 1 saturated heterocycles. The molecule has 1 fully saturated rings. The van der Waals surface area contributed by atoms with Crippen molar-refractivity contribution in [2.75, 3.05) is 43.6 Å². The quantitative estimate of drug-likeness (QED) is 0.640. The van der Waals surface area contributed by atoms with Crippen molar-refractivity contribution in [3.8, 4) is 5.75 Å². The number of hydrogen-bond acceptors (Lipinski definition) is 6. The first kappa shape index (κ1) is 20.4. The van der Waals surface area contributed by atoms with Crippen molar-refractivity contribution < 1.29 is 14.3 Å². The van der Waals surface area contributed by atoms with Crippen LogP contribution in [0.3, 0.4) is 0 Å². The predicted octanol–water partition coefficient (Wildman–Crippen LogP) is 4.20. The first-order chi connectivity index (χ1) is 14.5. The van der Waals surface area contributed by atoms with E-state index >= 15 is 0 Å². The van der Waals surface area contributed by atoms with Crippen LogP contribution < -0.4 is 20.3 Å². The van der Waals surface area contributed by atoms with Crippen LogP contribution in [0.2, 0.25) is 0 Å². The Morgan fingerprint density at radius 1 is 1.17 bits per heavy atom. The fourth-order valence-electron chi connectivity index (χ4n) is 3.58. The molecule has 0 unspecified atom stereocenters. The number of methoxy groups -OCH3 is 1. The number of thiazole rings is 1. The number of rotatable bonds is 5. The number of carbonyl (C=O) groups is 1. The topological polar surface area (TPSA) is 75.7 Å². The zero-order chi connectivity index (χ0) is 21.1. The van der Waals surface area contributed by atoms with Crippen LogP contribution in [0.25, 0.3) is 10.2 Å². The van der Waals surface area contributed by atoms with E-state index in [2.05, 4.69) is 20.5 Å². The summed E-state index contributed by atoms with van der Waals surface area (Å²) in [7, 11) is 1.63. The zero-order valence-electron chi connectivity index (χ0n) is 17.4. The van der Waals surface area contributed by atoms with Crippen LogP contribution in [-0.2, 0) is 10.3 Å². The molecule has 158 valence electrons. The Hall–Kier alpha value is -2.84. The summed E-state index contributed by atoms with van der Waals surface area (Å²) in [6, 6.07) is 13.6. The molecule has 0 atom stereocenters. The molecule has 1 aromatic heterocycles. The molecular formula is C22H26N4O3S. The first-order valence-corrected chi connectivity index (χ1v) is 10.7. The number of hydrogen-bond donors (Lipinski definition) is 2. The van der Waals surface area contributed by atoms with Gasteiger partial charge in [-0.05, 0) is 31.5 Å². The molecule has 7 nitrogen and oxygen atoms in total. The van der Waals surface area contributed by atoms with Crippen LogP contribution in [0, 0.1) is 0 Å². The Labute approximate surface area is 180 Å². The lowest BCUT2D eigenvalue weighted by molar-refractivity contribution is 0.123. The summed E-state index contributed by atoms with van der Waals surface area (Å²) in [6.07, 6.45) is 0. The molecule has 0 radical (unpaired) electrons. The number of morpholine rings is 1. The second-order valence-corrected chi connectivity index (χ2v) is 8.65. The van der Waals surface area contributed by atoms with Crippen molar-refractivity contribution in [2.24, 2.45) is 0 Å². The van der Waals surface area contributed by atoms with Gasteiger partial charge in [0, 0.05) is 13.1 Å². The first-order valence-electron chi connectivity index (χ1n) is 9.93. The third-order valence-electron chi connectivity index (χ3n) is 5.20. The number of nitrogens with zero attached hydrogens (tertiary/aromatic N) is 2. The molecule has 0 saturated carbocycles. The minimum Gasteiger partial charge on any atom is -0.494 e. The molecule has 2 heterocycles. The SMILES string of the molecule is COc1ccc(N2CCOCC2)c2sc(NC(=O)NC(C)(C)c3ccccc3)nc12. The Bertz CT molecular complexity index is 1030. The van der Waals surface area contributed by atoms with Gasteiger partial charge in [0.1, 0.15) is 11.3 Å². The van der Waals surface area contributed by atoms with Crippen molar-refractivity contribution >= 4 is 38.4 Å². The van der Waals surface area contributed by atoms with E-state index in [9.17, 15) is 4.79 Å². The van der Waals surface area contributed by atoms with Gasteiger partial charge in [-0.25, -0.2) is 9.78 Å². The molecule has 3 aromatic rings. The third-order valence-corrected chi connectivity index (χ3v) is 6.19. The monoisotopic (exact) mass is 426 g/mol. The normalized spacial score (nSPS) is 14.6. The molecule has 0 aliphatic carbocycles. The van der Waals surface area contributed by atoms with E-state index in [4.69, 9.17) is 9.47 Å². The van der Waals surface area contributed by atoms with E-state index in [1.807, 2.05) is 56.3 Å². The van der Waals surface area contributed by atoms with E-state index in [1.54, 1.807) is 7.11 Å². The Morgan fingerprint density at radius 2 is 1.90 bits per heavy atom. The van der Waals surface area contributed by atoms with E-state index in [-0.39, 0.29) is 6.03 Å². The highest BCUT2D eigenvalue weighted by atomic mass is 32.1. The van der Waals surface area contributed by atoms with Gasteiger partial charge < -0.3 is 19.7 Å². The van der Waals surface area contributed by atoms with Crippen LogP contribution in [-0.4, -0.2) is 44.4 Å². The number of nitrogens with one attached hydrogen (secondary N) is 2. The number of ether oxygens (including phenoxy) is 2. The molecule has 2 N–H and O–H groups in total. The third kappa shape index (κ3) is 4.20. The fourth-order valence-corrected chi connectivity index (χ4v) is 4.60. The number of fused-ring (bicyclic) bond motifs is 1. The van der Waals surface area contributed by atoms with Crippen molar-refractivity contribution in [3.05, 3.63) is 48.0 Å². The largest absolute Gasteiger partial charge is 0.494 e. The number of carbonyl (C=O) groups excluding carboxylic acids is 1. The van der Waals surface area contributed by atoms with Crippen molar-refractivity contribution in [1.82, 2.24) is 10.3 Å². The second-order valence-electron chi connectivity index (χ2n) is 7.65. The lowest BCUT2D eigenvalue weighted by Crippen LogP contribution is -2.43. The van der Waals surface area contributed by atoms with Crippen molar-refractivity contribution in [2.45, 2.75) is 19.4 Å². The standard InChI is InChI=1S/C22H26N4O3S/c1-22(2,15-7-5-4-6-8-15)25-20(27)24-21-23-18-17(28-3)10-9-16(19(18)30-21)26-11-13-29-14-12-26/h4-10H,11-14H2,1-3H3,(H2,23,24,25,27). The summed E-state index contributed by atoms with van der Waals surface area (Å²) >= 11 is 1.45. The van der Waals surface area contributed by atoms with Gasteiger partial charge in [0.05, 0.1) is 36.2 Å². The molecule has 8 heteroatoms. The number of aromatic nitrogens is 1. The molecule has 4 rings (SSSR count). The lowest BCUT2D eigenvalue weighted by Gasteiger charge is -2.29. The van der Waals surface area contributed by atoms with Crippen LogP contribution in [0.1, 0.15) is 19.4 Å². The molecule has 2 aromatic carbocycles. The Kier molecular flexibility index (Phi) is 5.78. The van der Waals surface area contributed by atoms with E-state index in [1.165, 1.54) is 11.3 Å². The highest BCUT2D eigenvalue weighted by molar-refractivity contribution is 7.23. The molecule has 30 heavy (non-hydrogen) atoms. The van der Waals surface area contributed by atoms with Crippen LogP contribution in [0.15, 0.2) is 42.5 Å². The van der Waals surface area contributed by atoms with Gasteiger partial charge in [0.25, 0.3) is 0 Å². The summed E-state index contributed by atoms with van der Waals surface area (Å²) in [5.41, 5.74) is 2.35. The van der Waals surface area contributed by atoms with E-state index < -0.39 is 5.54 Å². The van der Waals surface area contributed by atoms with Crippen LogP contribution >= 0.6 is 11.3 Å². The summed E-state index contributed by atoms with van der Waals surface area (Å²) in [6.45, 7) is 7.00. The predicted molar refractivity (Wildman–Crippen MR) is 121 cm³/mol. The number of urea groups is 1. The molecule has 0 spiro atoms. The highest BCUT2D eigenvalue weighted by Gasteiger charge is 2.24. The highest BCUT2D eigenvalue weighted by Crippen LogP contribution is 2.39. The summed E-state index contributed by atoms with van der Waals surface area (Å²) < 4.78 is 12.0. The van der Waals surface area contributed by atoms with Crippen LogP contribution in [0.5, 0.6) is 5.75 Å². The van der Waals surface area contributed by atoms with Crippen molar-refractivity contribution in [3.63, 3.8) is 0 Å². The van der Waals surface area contributed by atoms with E-state index in [0.29, 0.717) is 24.1 Å². The molecular weight excluding hydrogens is 400 g/mol.